The molecule has 0 saturated heterocycles. The van der Waals surface area contributed by atoms with Gasteiger partial charge in [-0.15, -0.1) is 0 Å². The summed E-state index contributed by atoms with van der Waals surface area (Å²) in [6.45, 7) is 17.6. The van der Waals surface area contributed by atoms with E-state index in [1.54, 1.807) is 6.08 Å². The van der Waals surface area contributed by atoms with Crippen LogP contribution < -0.4 is 0 Å². The van der Waals surface area contributed by atoms with Gasteiger partial charge in [-0.05, 0) is 46.2 Å². The summed E-state index contributed by atoms with van der Waals surface area (Å²) in [6.07, 6.45) is 23.3. The van der Waals surface area contributed by atoms with Crippen molar-refractivity contribution in [2.75, 3.05) is 0 Å². The summed E-state index contributed by atoms with van der Waals surface area (Å²) in [4.78, 5) is 4.08. The van der Waals surface area contributed by atoms with Gasteiger partial charge in [0.05, 0.1) is 0 Å². The van der Waals surface area contributed by atoms with Crippen LogP contribution in [0.15, 0.2) is 91.7 Å². The van der Waals surface area contributed by atoms with Crippen molar-refractivity contribution < 1.29 is 0 Å². The number of nitrogens with zero attached hydrogens (tertiary/aromatic N) is 1. The maximum absolute atomic E-state index is 4.08. The van der Waals surface area contributed by atoms with Crippen LogP contribution in [0.1, 0.15) is 45.9 Å². The van der Waals surface area contributed by atoms with E-state index in [0.717, 1.165) is 5.69 Å². The van der Waals surface area contributed by atoms with E-state index >= 15 is 0 Å². The Balaban J connectivity index is -0.000000281. The van der Waals surface area contributed by atoms with Crippen LogP contribution in [-0.2, 0) is 0 Å². The molecule has 0 unspecified atom stereocenters. The minimum atomic E-state index is 1.12. The molecule has 138 valence electrons. The first-order chi connectivity index (χ1) is 12.1. The summed E-state index contributed by atoms with van der Waals surface area (Å²) in [7, 11) is 0. The zero-order valence-electron chi connectivity index (χ0n) is 17.2. The SMILES string of the molecule is C/C=C/C=C/C.C=C/C=C/C=C/C=C/C.CC.Cc1cccnc1C. The van der Waals surface area contributed by atoms with E-state index in [4.69, 9.17) is 0 Å². The Morgan fingerprint density at radius 2 is 1.20 bits per heavy atom. The largest absolute Gasteiger partial charge is 0.261 e. The van der Waals surface area contributed by atoms with Crippen molar-refractivity contribution in [2.45, 2.75) is 48.5 Å². The molecule has 0 bridgehead atoms. The highest BCUT2D eigenvalue weighted by Crippen LogP contribution is 1.98. The van der Waals surface area contributed by atoms with Gasteiger partial charge in [-0.25, -0.2) is 0 Å². The molecule has 1 aromatic heterocycles. The van der Waals surface area contributed by atoms with E-state index < -0.39 is 0 Å². The number of aryl methyl sites for hydroxylation is 2. The van der Waals surface area contributed by atoms with Crippen LogP contribution in [0.25, 0.3) is 0 Å². The zero-order valence-corrected chi connectivity index (χ0v) is 17.2. The molecule has 1 heterocycles. The van der Waals surface area contributed by atoms with Crippen LogP contribution in [0.2, 0.25) is 0 Å². The fourth-order valence-corrected chi connectivity index (χ4v) is 1.17. The van der Waals surface area contributed by atoms with Crippen LogP contribution in [0, 0.1) is 13.8 Å². The second-order valence-corrected chi connectivity index (χ2v) is 4.49. The van der Waals surface area contributed by atoms with Crippen molar-refractivity contribution in [1.29, 1.82) is 0 Å². The Hall–Kier alpha value is -2.41. The summed E-state index contributed by atoms with van der Waals surface area (Å²) < 4.78 is 0. The van der Waals surface area contributed by atoms with E-state index in [-0.39, 0.29) is 0 Å². The molecule has 0 radical (unpaired) electrons. The minimum absolute atomic E-state index is 1.12. The maximum Gasteiger partial charge on any atom is 0.0401 e. The van der Waals surface area contributed by atoms with E-state index in [0.29, 0.717) is 0 Å². The van der Waals surface area contributed by atoms with Crippen LogP contribution >= 0.6 is 0 Å². The fourth-order valence-electron chi connectivity index (χ4n) is 1.17. The molecule has 0 atom stereocenters. The molecule has 0 fully saturated rings. The van der Waals surface area contributed by atoms with Crippen LogP contribution in [0.5, 0.6) is 0 Å². The van der Waals surface area contributed by atoms with Crippen molar-refractivity contribution in [3.8, 4) is 0 Å². The minimum Gasteiger partial charge on any atom is -0.261 e. The molecular weight excluding hydrogens is 302 g/mol. The Morgan fingerprint density at radius 3 is 1.56 bits per heavy atom. The Kier molecular flexibility index (Phi) is 29.1. The maximum atomic E-state index is 4.08. The lowest BCUT2D eigenvalue weighted by Crippen LogP contribution is -1.81. The number of rotatable bonds is 4. The predicted octanol–water partition coefficient (Wildman–Crippen LogP) is 7.72. The smallest absolute Gasteiger partial charge is 0.0401 e. The van der Waals surface area contributed by atoms with Gasteiger partial charge in [-0.1, -0.05) is 93.3 Å². The Labute approximate surface area is 156 Å². The summed E-state index contributed by atoms with van der Waals surface area (Å²) >= 11 is 0. The molecule has 1 aromatic rings. The van der Waals surface area contributed by atoms with Crippen LogP contribution in [-0.4, -0.2) is 4.98 Å². The lowest BCUT2D eigenvalue weighted by molar-refractivity contribution is 1.15. The first-order valence-corrected chi connectivity index (χ1v) is 8.83. The van der Waals surface area contributed by atoms with E-state index in [2.05, 4.69) is 24.6 Å². The van der Waals surface area contributed by atoms with Crippen molar-refractivity contribution in [2.24, 2.45) is 0 Å². The Bertz CT molecular complexity index is 498. The Morgan fingerprint density at radius 1 is 0.760 bits per heavy atom. The molecule has 0 N–H and O–H groups in total. The van der Waals surface area contributed by atoms with E-state index in [1.807, 2.05) is 115 Å². The van der Waals surface area contributed by atoms with Gasteiger partial charge < -0.3 is 0 Å². The van der Waals surface area contributed by atoms with Gasteiger partial charge in [0.2, 0.25) is 0 Å². The number of allylic oxidation sites excluding steroid dienone is 11. The number of hydrogen-bond acceptors (Lipinski definition) is 1. The summed E-state index contributed by atoms with van der Waals surface area (Å²) in [6, 6.07) is 4.00. The van der Waals surface area contributed by atoms with E-state index in [9.17, 15) is 0 Å². The quantitative estimate of drug-likeness (QED) is 0.511. The zero-order chi connectivity index (χ0) is 19.8. The standard InChI is InChI=1S/C9H12.C7H9N.C6H10.C2H6/c1-3-5-7-9-8-6-4-2;1-6-4-3-5-8-7(6)2;1-3-5-6-4-2;1-2/h3-9H,1H2,2H3;3-5H,1-2H3;3-6H,1-2H3;1-2H3/b6-4+,7-5+,9-8+;;5-3+,6-4+;. The molecule has 0 aromatic carbocycles. The molecule has 0 amide bonds. The van der Waals surface area contributed by atoms with Gasteiger partial charge in [0.25, 0.3) is 0 Å². The molecule has 1 rings (SSSR count). The van der Waals surface area contributed by atoms with Gasteiger partial charge in [0.15, 0.2) is 0 Å². The highest BCUT2D eigenvalue weighted by atomic mass is 14.6. The second-order valence-electron chi connectivity index (χ2n) is 4.49. The van der Waals surface area contributed by atoms with Crippen molar-refractivity contribution in [3.05, 3.63) is 103 Å². The van der Waals surface area contributed by atoms with Gasteiger partial charge in [-0.2, -0.15) is 0 Å². The molecular formula is C24H37N. The third-order valence-corrected chi connectivity index (χ3v) is 2.54. The number of hydrogen-bond donors (Lipinski definition) is 0. The van der Waals surface area contributed by atoms with Gasteiger partial charge in [0.1, 0.15) is 0 Å². The summed E-state index contributed by atoms with van der Waals surface area (Å²) in [5, 5.41) is 0. The molecule has 1 nitrogen and oxygen atoms in total. The third kappa shape index (κ3) is 26.8. The van der Waals surface area contributed by atoms with Gasteiger partial charge in [-0.3, -0.25) is 4.98 Å². The lowest BCUT2D eigenvalue weighted by Gasteiger charge is -1.92. The highest BCUT2D eigenvalue weighted by molar-refractivity contribution is 5.15. The lowest BCUT2D eigenvalue weighted by atomic mass is 10.2. The highest BCUT2D eigenvalue weighted by Gasteiger charge is 1.85. The molecule has 1 heteroatoms. The van der Waals surface area contributed by atoms with Crippen molar-refractivity contribution in [3.63, 3.8) is 0 Å². The first-order valence-electron chi connectivity index (χ1n) is 8.83. The van der Waals surface area contributed by atoms with E-state index in [1.165, 1.54) is 5.56 Å². The van der Waals surface area contributed by atoms with Crippen LogP contribution in [0.4, 0.5) is 0 Å². The summed E-state index contributed by atoms with van der Waals surface area (Å²) in [5.41, 5.74) is 2.38. The summed E-state index contributed by atoms with van der Waals surface area (Å²) in [5.74, 6) is 0. The molecule has 0 aliphatic heterocycles. The average Bonchev–Trinajstić information content (AvgIpc) is 2.65. The molecule has 0 aliphatic rings. The average molecular weight is 340 g/mol. The second kappa shape index (κ2) is 26.5. The number of pyridine rings is 1. The van der Waals surface area contributed by atoms with Gasteiger partial charge in [0, 0.05) is 11.9 Å². The topological polar surface area (TPSA) is 12.9 Å². The first kappa shape index (κ1) is 27.4. The molecule has 0 aliphatic carbocycles. The van der Waals surface area contributed by atoms with Crippen molar-refractivity contribution >= 4 is 0 Å². The third-order valence-electron chi connectivity index (χ3n) is 2.54. The fraction of sp³-hybridized carbons (Fsp3) is 0.292. The predicted molar refractivity (Wildman–Crippen MR) is 118 cm³/mol. The number of aromatic nitrogens is 1. The van der Waals surface area contributed by atoms with Gasteiger partial charge >= 0.3 is 0 Å². The molecule has 0 spiro atoms. The van der Waals surface area contributed by atoms with Crippen molar-refractivity contribution in [1.82, 2.24) is 4.98 Å². The molecule has 0 saturated carbocycles. The molecule has 25 heavy (non-hydrogen) atoms. The normalized spacial score (nSPS) is 10.4. The monoisotopic (exact) mass is 339 g/mol. The van der Waals surface area contributed by atoms with Crippen LogP contribution in [0.3, 0.4) is 0 Å².